The van der Waals surface area contributed by atoms with Crippen molar-refractivity contribution in [2.75, 3.05) is 29.9 Å². The Kier molecular flexibility index (Phi) is 2.98. The average molecular weight is 418 g/mol. The van der Waals surface area contributed by atoms with Crippen LogP contribution in [0.1, 0.15) is 5.56 Å². The van der Waals surface area contributed by atoms with E-state index in [4.69, 9.17) is 0 Å². The first-order chi connectivity index (χ1) is 12.4. The molecule has 1 amide bonds. The van der Waals surface area contributed by atoms with Gasteiger partial charge >= 0.3 is 0 Å². The van der Waals surface area contributed by atoms with Gasteiger partial charge in [0, 0.05) is 44.2 Å². The van der Waals surface area contributed by atoms with E-state index in [0.29, 0.717) is 29.0 Å². The number of nitrogens with zero attached hydrogens (tertiary/aromatic N) is 7. The molecule has 1 saturated heterocycles. The minimum Gasteiger partial charge on any atom is -0.337 e. The van der Waals surface area contributed by atoms with Gasteiger partial charge in [-0.15, -0.1) is 0 Å². The smallest absolute Gasteiger partial charge is 0.245 e. The van der Waals surface area contributed by atoms with E-state index in [1.165, 1.54) is 6.07 Å². The van der Waals surface area contributed by atoms with Gasteiger partial charge in [0.1, 0.15) is 11.2 Å². The summed E-state index contributed by atoms with van der Waals surface area (Å²) in [6.07, 6.45) is 1.64. The number of aromatic nitrogens is 5. The third kappa shape index (κ3) is 1.79. The number of pyridine rings is 1. The second-order valence-electron chi connectivity index (χ2n) is 6.71. The van der Waals surface area contributed by atoms with Crippen LogP contribution < -0.4 is 9.80 Å². The van der Waals surface area contributed by atoms with Crippen molar-refractivity contribution in [3.8, 4) is 0 Å². The van der Waals surface area contributed by atoms with Crippen LogP contribution >= 0.6 is 15.9 Å². The molecule has 2 aliphatic heterocycles. The summed E-state index contributed by atoms with van der Waals surface area (Å²) in [4.78, 5) is 21.0. The molecule has 0 aliphatic carbocycles. The van der Waals surface area contributed by atoms with Crippen LogP contribution in [0.15, 0.2) is 22.8 Å². The average Bonchev–Trinajstić information content (AvgIpc) is 3.08. The van der Waals surface area contributed by atoms with Crippen LogP contribution in [0.4, 0.5) is 16.0 Å². The minimum absolute atomic E-state index is 0.00799. The first kappa shape index (κ1) is 15.6. The Morgan fingerprint density at radius 3 is 2.73 bits per heavy atom. The molecule has 0 atom stereocenters. The lowest BCUT2D eigenvalue weighted by Gasteiger charge is -2.46. The Balaban J connectivity index is 1.68. The summed E-state index contributed by atoms with van der Waals surface area (Å²) in [5.74, 6) is 0.246. The van der Waals surface area contributed by atoms with E-state index < -0.39 is 5.41 Å². The molecule has 0 saturated carbocycles. The standard InChI is InChI=1S/C16H13BrFN7O/c1-23-12-5-19-11-4-10(18)9(17)3-8(11)13(12)16(14(23)26)6-25(7-16)15-20-21-22-24(15)2/h3-5H,6-7H2,1-2H3. The number of likely N-dealkylation sites (N-methyl/N-ethyl adjacent to an activating group) is 1. The van der Waals surface area contributed by atoms with Gasteiger partial charge in [-0.1, -0.05) is 5.10 Å². The molecule has 26 heavy (non-hydrogen) atoms. The fourth-order valence-electron chi connectivity index (χ4n) is 4.00. The van der Waals surface area contributed by atoms with E-state index in [9.17, 15) is 9.18 Å². The zero-order valence-electron chi connectivity index (χ0n) is 13.9. The molecule has 0 unspecified atom stereocenters. The Hall–Kier alpha value is -2.62. The summed E-state index contributed by atoms with van der Waals surface area (Å²) in [5.41, 5.74) is 1.48. The molecule has 8 nitrogen and oxygen atoms in total. The van der Waals surface area contributed by atoms with Crippen molar-refractivity contribution in [1.29, 1.82) is 0 Å². The van der Waals surface area contributed by atoms with Crippen molar-refractivity contribution in [3.63, 3.8) is 0 Å². The van der Waals surface area contributed by atoms with E-state index in [1.807, 2.05) is 4.90 Å². The highest BCUT2D eigenvalue weighted by Gasteiger charge is 2.59. The summed E-state index contributed by atoms with van der Waals surface area (Å²) in [6, 6.07) is 3.09. The number of tetrazole rings is 1. The van der Waals surface area contributed by atoms with Gasteiger partial charge in [0.25, 0.3) is 0 Å². The van der Waals surface area contributed by atoms with Crippen LogP contribution in [0.5, 0.6) is 0 Å². The second-order valence-corrected chi connectivity index (χ2v) is 7.56. The van der Waals surface area contributed by atoms with Crippen LogP contribution in [0, 0.1) is 5.82 Å². The first-order valence-corrected chi connectivity index (χ1v) is 8.75. The Labute approximate surface area is 155 Å². The number of carbonyl (C=O) groups is 1. The first-order valence-electron chi connectivity index (χ1n) is 7.96. The monoisotopic (exact) mass is 417 g/mol. The molecular formula is C16H13BrFN7O. The number of fused-ring (bicyclic) bond motifs is 4. The quantitative estimate of drug-likeness (QED) is 0.595. The number of halogens is 2. The zero-order chi connectivity index (χ0) is 18.2. The molecule has 10 heteroatoms. The lowest BCUT2D eigenvalue weighted by molar-refractivity contribution is -0.123. The van der Waals surface area contributed by atoms with Crippen molar-refractivity contribution in [3.05, 3.63) is 34.2 Å². The number of anilines is 2. The number of aryl methyl sites for hydroxylation is 1. The maximum absolute atomic E-state index is 13.9. The molecule has 3 aromatic rings. The number of hydrogen-bond donors (Lipinski definition) is 0. The third-order valence-electron chi connectivity index (χ3n) is 5.25. The number of rotatable bonds is 1. The van der Waals surface area contributed by atoms with Gasteiger partial charge in [-0.25, -0.2) is 9.07 Å². The fourth-order valence-corrected chi connectivity index (χ4v) is 4.35. The predicted octanol–water partition coefficient (Wildman–Crippen LogP) is 1.39. The molecule has 5 rings (SSSR count). The Bertz CT molecular complexity index is 1090. The molecule has 1 aromatic carbocycles. The Morgan fingerprint density at radius 2 is 2.04 bits per heavy atom. The van der Waals surface area contributed by atoms with Crippen LogP contribution in [0.25, 0.3) is 10.9 Å². The molecule has 2 aromatic heterocycles. The lowest BCUT2D eigenvalue weighted by Crippen LogP contribution is -2.64. The lowest BCUT2D eigenvalue weighted by atomic mass is 9.73. The summed E-state index contributed by atoms with van der Waals surface area (Å²) in [5, 5.41) is 12.3. The highest BCUT2D eigenvalue weighted by atomic mass is 79.9. The molecule has 4 heterocycles. The molecule has 2 aliphatic rings. The highest BCUT2D eigenvalue weighted by Crippen LogP contribution is 2.50. The zero-order valence-corrected chi connectivity index (χ0v) is 15.5. The maximum atomic E-state index is 13.9. The van der Waals surface area contributed by atoms with Crippen LogP contribution in [0.2, 0.25) is 0 Å². The molecule has 1 spiro atoms. The summed E-state index contributed by atoms with van der Waals surface area (Å²) >= 11 is 3.24. The van der Waals surface area contributed by atoms with E-state index in [1.54, 1.807) is 35.9 Å². The van der Waals surface area contributed by atoms with Crippen LogP contribution in [-0.2, 0) is 17.3 Å². The van der Waals surface area contributed by atoms with Gasteiger partial charge in [0.05, 0.1) is 21.9 Å². The molecule has 0 radical (unpaired) electrons. The largest absolute Gasteiger partial charge is 0.337 e. The SMILES string of the molecule is CN1C(=O)C2(CN(c3nnnn3C)C2)c2c1cnc1cc(F)c(Br)cc21. The maximum Gasteiger partial charge on any atom is 0.245 e. The summed E-state index contributed by atoms with van der Waals surface area (Å²) in [6.45, 7) is 0.928. The van der Waals surface area contributed by atoms with Gasteiger partial charge < -0.3 is 9.80 Å². The number of carbonyl (C=O) groups excluding carboxylic acids is 1. The van der Waals surface area contributed by atoms with Crippen molar-refractivity contribution >= 4 is 44.4 Å². The van der Waals surface area contributed by atoms with E-state index in [-0.39, 0.29) is 11.7 Å². The topological polar surface area (TPSA) is 80.0 Å². The van der Waals surface area contributed by atoms with Crippen LogP contribution in [-0.4, -0.2) is 51.2 Å². The highest BCUT2D eigenvalue weighted by molar-refractivity contribution is 9.10. The van der Waals surface area contributed by atoms with Crippen molar-refractivity contribution in [2.24, 2.45) is 7.05 Å². The van der Waals surface area contributed by atoms with Crippen molar-refractivity contribution < 1.29 is 9.18 Å². The molecular weight excluding hydrogens is 405 g/mol. The fraction of sp³-hybridized carbons (Fsp3) is 0.312. The van der Waals surface area contributed by atoms with Crippen molar-refractivity contribution in [1.82, 2.24) is 25.2 Å². The number of amides is 1. The summed E-state index contributed by atoms with van der Waals surface area (Å²) < 4.78 is 15.9. The van der Waals surface area contributed by atoms with E-state index in [2.05, 4.69) is 36.4 Å². The van der Waals surface area contributed by atoms with Gasteiger partial charge in [0.15, 0.2) is 0 Å². The Morgan fingerprint density at radius 1 is 1.27 bits per heavy atom. The van der Waals surface area contributed by atoms with Gasteiger partial charge in [-0.3, -0.25) is 9.78 Å². The van der Waals surface area contributed by atoms with E-state index >= 15 is 0 Å². The number of hydrogen-bond acceptors (Lipinski definition) is 6. The molecule has 0 bridgehead atoms. The third-order valence-corrected chi connectivity index (χ3v) is 5.85. The van der Waals surface area contributed by atoms with E-state index in [0.717, 1.165) is 16.6 Å². The normalized spacial score (nSPS) is 17.9. The number of benzene rings is 1. The molecule has 0 N–H and O–H groups in total. The second kappa shape index (κ2) is 4.97. The minimum atomic E-state index is -0.700. The van der Waals surface area contributed by atoms with Gasteiger partial charge in [0.2, 0.25) is 11.9 Å². The predicted molar refractivity (Wildman–Crippen MR) is 95.5 cm³/mol. The van der Waals surface area contributed by atoms with Crippen molar-refractivity contribution in [2.45, 2.75) is 5.41 Å². The molecule has 1 fully saturated rings. The summed E-state index contributed by atoms with van der Waals surface area (Å²) in [7, 11) is 3.50. The van der Waals surface area contributed by atoms with Gasteiger partial charge in [-0.05, 0) is 32.4 Å². The molecule has 132 valence electrons. The van der Waals surface area contributed by atoms with Crippen LogP contribution in [0.3, 0.4) is 0 Å². The van der Waals surface area contributed by atoms with Gasteiger partial charge in [-0.2, -0.15) is 0 Å².